The van der Waals surface area contributed by atoms with Gasteiger partial charge in [0.1, 0.15) is 5.75 Å². The molecule has 0 fully saturated rings. The molecule has 0 aliphatic rings. The molecule has 8 nitrogen and oxygen atoms in total. The molecule has 2 rings (SSSR count). The average molecular weight is 330 g/mol. The largest absolute Gasteiger partial charge is 0.462 e. The van der Waals surface area contributed by atoms with Crippen LogP contribution in [0.25, 0.3) is 0 Å². The van der Waals surface area contributed by atoms with Crippen LogP contribution < -0.4 is 16.0 Å². The number of esters is 2. The summed E-state index contributed by atoms with van der Waals surface area (Å²) in [5, 5.41) is 0. The maximum atomic E-state index is 11.5. The zero-order valence-electron chi connectivity index (χ0n) is 12.5. The fraction of sp³-hybridized carbons (Fsp3) is 0.125. The molecule has 0 bridgehead atoms. The summed E-state index contributed by atoms with van der Waals surface area (Å²) in [5.74, 6) is -1.10. The topological polar surface area (TPSA) is 118 Å². The first kappa shape index (κ1) is 16.9. The van der Waals surface area contributed by atoms with Gasteiger partial charge in [0, 0.05) is 30.3 Å². The molecule has 0 atom stereocenters. The van der Waals surface area contributed by atoms with Crippen molar-refractivity contribution in [2.45, 2.75) is 6.42 Å². The van der Waals surface area contributed by atoms with E-state index in [0.29, 0.717) is 5.75 Å². The van der Waals surface area contributed by atoms with E-state index in [2.05, 4.69) is 9.97 Å². The second kappa shape index (κ2) is 8.28. The van der Waals surface area contributed by atoms with E-state index in [-0.39, 0.29) is 18.6 Å². The smallest absolute Gasteiger partial charge is 0.336 e. The number of ether oxygens (including phenoxy) is 2. The second-order valence-electron chi connectivity index (χ2n) is 4.58. The lowest BCUT2D eigenvalue weighted by Gasteiger charge is -2.02. The van der Waals surface area contributed by atoms with Crippen LogP contribution >= 0.6 is 0 Å². The van der Waals surface area contributed by atoms with Crippen LogP contribution in [-0.4, -0.2) is 28.5 Å². The number of aromatic amines is 2. The lowest BCUT2D eigenvalue weighted by atomic mass is 10.2. The van der Waals surface area contributed by atoms with Gasteiger partial charge in [-0.2, -0.15) is 0 Å². The van der Waals surface area contributed by atoms with Crippen molar-refractivity contribution in [3.05, 3.63) is 75.1 Å². The van der Waals surface area contributed by atoms with Crippen molar-refractivity contribution in [2.24, 2.45) is 0 Å². The average Bonchev–Trinajstić information content (AvgIpc) is 2.56. The summed E-state index contributed by atoms with van der Waals surface area (Å²) in [6, 6.07) is 8.40. The SMILES string of the molecule is O=C(/C=C/C(=O)Oc1ccccc1)OCCc1c[nH]c(=O)[nH]c1=O. The Labute approximate surface area is 135 Å². The van der Waals surface area contributed by atoms with Gasteiger partial charge < -0.3 is 14.5 Å². The van der Waals surface area contributed by atoms with Gasteiger partial charge in [-0.3, -0.25) is 9.78 Å². The Morgan fingerprint density at radius 3 is 2.46 bits per heavy atom. The molecule has 8 heteroatoms. The molecule has 0 amide bonds. The lowest BCUT2D eigenvalue weighted by molar-refractivity contribution is -0.138. The Bertz CT molecular complexity index is 851. The minimum absolute atomic E-state index is 0.0774. The van der Waals surface area contributed by atoms with Crippen LogP contribution in [0.15, 0.2) is 58.3 Å². The Balaban J connectivity index is 1.77. The number of rotatable bonds is 6. The molecule has 1 aromatic carbocycles. The van der Waals surface area contributed by atoms with Gasteiger partial charge in [0.2, 0.25) is 0 Å². The molecule has 0 spiro atoms. The number of para-hydroxylation sites is 1. The predicted molar refractivity (Wildman–Crippen MR) is 83.6 cm³/mol. The first-order chi connectivity index (χ1) is 11.5. The Morgan fingerprint density at radius 2 is 1.75 bits per heavy atom. The van der Waals surface area contributed by atoms with Gasteiger partial charge >= 0.3 is 17.6 Å². The number of hydrogen-bond acceptors (Lipinski definition) is 6. The molecule has 0 aliphatic carbocycles. The maximum absolute atomic E-state index is 11.5. The van der Waals surface area contributed by atoms with Crippen molar-refractivity contribution >= 4 is 11.9 Å². The number of carbonyl (C=O) groups is 2. The number of hydrogen-bond donors (Lipinski definition) is 2. The molecule has 2 aromatic rings. The third kappa shape index (κ3) is 5.41. The number of nitrogens with one attached hydrogen (secondary N) is 2. The van der Waals surface area contributed by atoms with Crippen LogP contribution in [0.3, 0.4) is 0 Å². The van der Waals surface area contributed by atoms with Gasteiger partial charge in [0.15, 0.2) is 0 Å². The normalized spacial score (nSPS) is 10.5. The summed E-state index contributed by atoms with van der Waals surface area (Å²) in [4.78, 5) is 49.6. The summed E-state index contributed by atoms with van der Waals surface area (Å²) in [5.41, 5.74) is -0.882. The summed E-state index contributed by atoms with van der Waals surface area (Å²) in [6.07, 6.45) is 3.26. The van der Waals surface area contributed by atoms with Gasteiger partial charge in [-0.25, -0.2) is 14.4 Å². The summed E-state index contributed by atoms with van der Waals surface area (Å²) in [7, 11) is 0. The molecular weight excluding hydrogens is 316 g/mol. The molecule has 0 aliphatic heterocycles. The summed E-state index contributed by atoms with van der Waals surface area (Å²) < 4.78 is 9.81. The molecule has 0 saturated heterocycles. The highest BCUT2D eigenvalue weighted by Crippen LogP contribution is 2.08. The van der Waals surface area contributed by atoms with E-state index in [1.807, 2.05) is 0 Å². The van der Waals surface area contributed by atoms with Crippen LogP contribution in [0.2, 0.25) is 0 Å². The molecule has 2 N–H and O–H groups in total. The molecule has 0 unspecified atom stereocenters. The van der Waals surface area contributed by atoms with Crippen molar-refractivity contribution in [1.82, 2.24) is 9.97 Å². The third-order valence-corrected chi connectivity index (χ3v) is 2.83. The molecule has 1 aromatic heterocycles. The minimum atomic E-state index is -0.749. The highest BCUT2D eigenvalue weighted by molar-refractivity contribution is 5.92. The van der Waals surface area contributed by atoms with E-state index in [9.17, 15) is 19.2 Å². The standard InChI is InChI=1S/C16H14N2O6/c19-13(6-7-14(20)24-12-4-2-1-3-5-12)23-9-8-11-10-17-16(22)18-15(11)21/h1-7,10H,8-9H2,(H2,17,18,21,22)/b7-6+. The van der Waals surface area contributed by atoms with Gasteiger partial charge in [0.05, 0.1) is 6.61 Å². The van der Waals surface area contributed by atoms with Crippen molar-refractivity contribution < 1.29 is 19.1 Å². The van der Waals surface area contributed by atoms with Gasteiger partial charge in [-0.15, -0.1) is 0 Å². The van der Waals surface area contributed by atoms with Crippen LogP contribution in [0.1, 0.15) is 5.56 Å². The molecule has 0 saturated carbocycles. The van der Waals surface area contributed by atoms with Crippen molar-refractivity contribution in [3.8, 4) is 5.75 Å². The van der Waals surface area contributed by atoms with Crippen LogP contribution in [0.4, 0.5) is 0 Å². The van der Waals surface area contributed by atoms with E-state index in [0.717, 1.165) is 12.2 Å². The van der Waals surface area contributed by atoms with Crippen molar-refractivity contribution in [1.29, 1.82) is 0 Å². The Hall–Kier alpha value is -3.42. The van der Waals surface area contributed by atoms with Crippen LogP contribution in [0.5, 0.6) is 5.75 Å². The molecule has 24 heavy (non-hydrogen) atoms. The predicted octanol–water partition coefficient (Wildman–Crippen LogP) is 0.311. The maximum Gasteiger partial charge on any atom is 0.336 e. The third-order valence-electron chi connectivity index (χ3n) is 2.83. The quantitative estimate of drug-likeness (QED) is 0.447. The summed E-state index contributed by atoms with van der Waals surface area (Å²) >= 11 is 0. The number of aromatic nitrogens is 2. The summed E-state index contributed by atoms with van der Waals surface area (Å²) in [6.45, 7) is -0.0774. The van der Waals surface area contributed by atoms with E-state index in [1.165, 1.54) is 6.20 Å². The lowest BCUT2D eigenvalue weighted by Crippen LogP contribution is -2.25. The molecular formula is C16H14N2O6. The van der Waals surface area contributed by atoms with Crippen molar-refractivity contribution in [3.63, 3.8) is 0 Å². The monoisotopic (exact) mass is 330 g/mol. The highest BCUT2D eigenvalue weighted by Gasteiger charge is 2.04. The number of carbonyl (C=O) groups excluding carboxylic acids is 2. The molecule has 124 valence electrons. The fourth-order valence-electron chi connectivity index (χ4n) is 1.71. The van der Waals surface area contributed by atoms with Gasteiger partial charge in [0.25, 0.3) is 5.56 Å². The van der Waals surface area contributed by atoms with Crippen LogP contribution in [-0.2, 0) is 20.7 Å². The van der Waals surface area contributed by atoms with Crippen molar-refractivity contribution in [2.75, 3.05) is 6.61 Å². The zero-order valence-corrected chi connectivity index (χ0v) is 12.5. The number of H-pyrrole nitrogens is 2. The van der Waals surface area contributed by atoms with Crippen LogP contribution in [0, 0.1) is 0 Å². The Morgan fingerprint density at radius 1 is 1.04 bits per heavy atom. The van der Waals surface area contributed by atoms with E-state index in [1.54, 1.807) is 30.3 Å². The fourth-order valence-corrected chi connectivity index (χ4v) is 1.71. The number of benzene rings is 1. The molecule has 1 heterocycles. The Kier molecular flexibility index (Phi) is 5.84. The highest BCUT2D eigenvalue weighted by atomic mass is 16.5. The van der Waals surface area contributed by atoms with E-state index < -0.39 is 23.2 Å². The van der Waals surface area contributed by atoms with Gasteiger partial charge in [-0.1, -0.05) is 18.2 Å². The molecule has 0 radical (unpaired) electrons. The first-order valence-electron chi connectivity index (χ1n) is 6.97. The first-order valence-corrected chi connectivity index (χ1v) is 6.97. The second-order valence-corrected chi connectivity index (χ2v) is 4.58. The zero-order chi connectivity index (χ0) is 17.4. The van der Waals surface area contributed by atoms with E-state index >= 15 is 0 Å². The van der Waals surface area contributed by atoms with E-state index in [4.69, 9.17) is 9.47 Å². The minimum Gasteiger partial charge on any atom is -0.462 e. The van der Waals surface area contributed by atoms with Gasteiger partial charge in [-0.05, 0) is 12.1 Å².